The van der Waals surface area contributed by atoms with Gasteiger partial charge in [0.1, 0.15) is 5.76 Å². The number of carbonyl (C=O) groups is 1. The third-order valence-electron chi connectivity index (χ3n) is 8.79. The second-order valence-electron chi connectivity index (χ2n) is 13.0. The molecule has 0 saturated heterocycles. The maximum absolute atomic E-state index is 10.9. The SMILES string of the molecule is CCCCCCCCOC1=C(C)C(C)C(O)C=C1CCC(C)CCCC(C)(O)CCC/C(C)=C/C/C=C(\C)C(=O)O. The molecule has 0 saturated carbocycles. The first-order valence-corrected chi connectivity index (χ1v) is 16.4. The van der Waals surface area contributed by atoms with Crippen LogP contribution in [0.2, 0.25) is 0 Å². The second-order valence-corrected chi connectivity index (χ2v) is 13.0. The molecule has 0 aromatic carbocycles. The Labute approximate surface area is 251 Å². The summed E-state index contributed by atoms with van der Waals surface area (Å²) in [4.78, 5) is 10.9. The number of allylic oxidation sites excluding steroid dienone is 4. The number of carboxylic acid groups (broad SMARTS) is 1. The number of aliphatic hydroxyl groups is 2. The maximum atomic E-state index is 10.9. The highest BCUT2D eigenvalue weighted by Crippen LogP contribution is 2.34. The molecule has 0 fully saturated rings. The van der Waals surface area contributed by atoms with E-state index in [1.807, 2.05) is 13.0 Å². The molecule has 0 radical (unpaired) electrons. The number of carboxylic acids is 1. The molecule has 0 spiro atoms. The summed E-state index contributed by atoms with van der Waals surface area (Å²) in [5.41, 5.74) is 3.28. The minimum atomic E-state index is -0.870. The van der Waals surface area contributed by atoms with Gasteiger partial charge in [0.05, 0.1) is 18.3 Å². The second kappa shape index (κ2) is 20.1. The van der Waals surface area contributed by atoms with E-state index in [2.05, 4.69) is 40.7 Å². The molecule has 0 aliphatic heterocycles. The van der Waals surface area contributed by atoms with Gasteiger partial charge < -0.3 is 20.1 Å². The van der Waals surface area contributed by atoms with Crippen LogP contribution in [0.15, 0.2) is 46.3 Å². The fraction of sp³-hybridized carbons (Fsp3) is 0.750. The minimum Gasteiger partial charge on any atom is -0.493 e. The van der Waals surface area contributed by atoms with Crippen LogP contribution in [0.25, 0.3) is 0 Å². The summed E-state index contributed by atoms with van der Waals surface area (Å²) >= 11 is 0. The van der Waals surface area contributed by atoms with Crippen molar-refractivity contribution in [3.63, 3.8) is 0 Å². The Morgan fingerprint density at radius 2 is 1.71 bits per heavy atom. The van der Waals surface area contributed by atoms with Gasteiger partial charge in [0.25, 0.3) is 0 Å². The van der Waals surface area contributed by atoms with Gasteiger partial charge in [0, 0.05) is 11.5 Å². The lowest BCUT2D eigenvalue weighted by Crippen LogP contribution is -2.24. The molecule has 0 aromatic rings. The summed E-state index contributed by atoms with van der Waals surface area (Å²) in [6.07, 6.45) is 20.9. The number of aliphatic hydroxyl groups excluding tert-OH is 1. The molecule has 0 amide bonds. The molecule has 1 rings (SSSR count). The first kappa shape index (κ1) is 37.2. The maximum Gasteiger partial charge on any atom is 0.330 e. The van der Waals surface area contributed by atoms with Crippen LogP contribution in [0.3, 0.4) is 0 Å². The lowest BCUT2D eigenvalue weighted by atomic mass is 9.84. The predicted octanol–water partition coefficient (Wildman–Crippen LogP) is 9.45. The van der Waals surface area contributed by atoms with Crippen LogP contribution in [0.5, 0.6) is 0 Å². The molecule has 4 atom stereocenters. The van der Waals surface area contributed by atoms with E-state index in [0.717, 1.165) is 75.7 Å². The fourth-order valence-corrected chi connectivity index (χ4v) is 5.48. The Balaban J connectivity index is 2.43. The first-order valence-electron chi connectivity index (χ1n) is 16.4. The van der Waals surface area contributed by atoms with Gasteiger partial charge >= 0.3 is 5.97 Å². The van der Waals surface area contributed by atoms with Crippen molar-refractivity contribution in [3.8, 4) is 0 Å². The molecule has 236 valence electrons. The smallest absolute Gasteiger partial charge is 0.330 e. The predicted molar refractivity (Wildman–Crippen MR) is 172 cm³/mol. The standard InChI is InChI=1S/C36H62O5/c1-8-9-10-11-12-13-25-41-34-31(6)30(5)33(37)26-32(34)22-21-28(3)19-16-24-36(7,40)23-15-18-27(2)17-14-20-29(4)35(38)39/h17,20,26,28,30,33,37,40H,8-16,18-19,21-25H2,1-7H3,(H,38,39)/b27-17+,29-20+. The highest BCUT2D eigenvalue weighted by molar-refractivity contribution is 5.85. The lowest BCUT2D eigenvalue weighted by molar-refractivity contribution is -0.132. The zero-order chi connectivity index (χ0) is 30.8. The van der Waals surface area contributed by atoms with Gasteiger partial charge in [-0.25, -0.2) is 4.79 Å². The van der Waals surface area contributed by atoms with Crippen LogP contribution in [0, 0.1) is 11.8 Å². The van der Waals surface area contributed by atoms with Crippen molar-refractivity contribution in [1.82, 2.24) is 0 Å². The van der Waals surface area contributed by atoms with Gasteiger partial charge in [-0.15, -0.1) is 0 Å². The topological polar surface area (TPSA) is 87.0 Å². The molecule has 3 N–H and O–H groups in total. The Kier molecular flexibility index (Phi) is 18.2. The van der Waals surface area contributed by atoms with Crippen LogP contribution < -0.4 is 0 Å². The molecular weight excluding hydrogens is 512 g/mol. The molecule has 1 aliphatic carbocycles. The lowest BCUT2D eigenvalue weighted by Gasteiger charge is -2.29. The molecule has 41 heavy (non-hydrogen) atoms. The van der Waals surface area contributed by atoms with Crippen LogP contribution in [0.4, 0.5) is 0 Å². The van der Waals surface area contributed by atoms with E-state index in [4.69, 9.17) is 9.84 Å². The number of aliphatic carboxylic acids is 1. The first-order chi connectivity index (χ1) is 19.4. The van der Waals surface area contributed by atoms with Crippen LogP contribution in [-0.4, -0.2) is 39.6 Å². The van der Waals surface area contributed by atoms with Gasteiger partial charge in [-0.05, 0) is 102 Å². The molecule has 4 unspecified atom stereocenters. The van der Waals surface area contributed by atoms with E-state index >= 15 is 0 Å². The third-order valence-corrected chi connectivity index (χ3v) is 8.79. The Bertz CT molecular complexity index is 892. The molecule has 1 aliphatic rings. The normalized spacial score (nSPS) is 20.6. The Hall–Kier alpha value is -1.85. The largest absolute Gasteiger partial charge is 0.493 e. The van der Waals surface area contributed by atoms with E-state index in [9.17, 15) is 15.0 Å². The molecule has 5 nitrogen and oxygen atoms in total. The molecular formula is C36H62O5. The van der Waals surface area contributed by atoms with Gasteiger partial charge in [-0.3, -0.25) is 0 Å². The highest BCUT2D eigenvalue weighted by Gasteiger charge is 2.26. The Morgan fingerprint density at radius 1 is 1.05 bits per heavy atom. The number of ether oxygens (including phenoxy) is 1. The van der Waals surface area contributed by atoms with Crippen LogP contribution in [-0.2, 0) is 9.53 Å². The fourth-order valence-electron chi connectivity index (χ4n) is 5.48. The average molecular weight is 575 g/mol. The number of rotatable bonds is 22. The van der Waals surface area contributed by atoms with Gasteiger partial charge in [0.15, 0.2) is 0 Å². The summed E-state index contributed by atoms with van der Waals surface area (Å²) in [5, 5.41) is 30.4. The molecule has 0 heterocycles. The summed E-state index contributed by atoms with van der Waals surface area (Å²) in [5.74, 6) is 0.778. The van der Waals surface area contributed by atoms with Gasteiger partial charge in [-0.2, -0.15) is 0 Å². The number of hydrogen-bond acceptors (Lipinski definition) is 4. The van der Waals surface area contributed by atoms with E-state index in [1.54, 1.807) is 13.0 Å². The highest BCUT2D eigenvalue weighted by atomic mass is 16.5. The summed E-state index contributed by atoms with van der Waals surface area (Å²) in [6.45, 7) is 15.1. The van der Waals surface area contributed by atoms with Crippen molar-refractivity contribution in [2.45, 2.75) is 156 Å². The minimum absolute atomic E-state index is 0.0928. The monoisotopic (exact) mass is 574 g/mol. The van der Waals surface area contributed by atoms with Crippen molar-refractivity contribution in [2.75, 3.05) is 6.61 Å². The van der Waals surface area contributed by atoms with E-state index in [-0.39, 0.29) is 5.92 Å². The summed E-state index contributed by atoms with van der Waals surface area (Å²) < 4.78 is 6.32. The van der Waals surface area contributed by atoms with Crippen molar-refractivity contribution in [1.29, 1.82) is 0 Å². The molecule has 5 heteroatoms. The van der Waals surface area contributed by atoms with Crippen molar-refractivity contribution in [2.24, 2.45) is 11.8 Å². The zero-order valence-corrected chi connectivity index (χ0v) is 27.4. The van der Waals surface area contributed by atoms with Crippen molar-refractivity contribution in [3.05, 3.63) is 46.3 Å². The Morgan fingerprint density at radius 3 is 2.39 bits per heavy atom. The van der Waals surface area contributed by atoms with E-state index in [1.165, 1.54) is 43.3 Å². The van der Waals surface area contributed by atoms with Crippen molar-refractivity contribution >= 4 is 5.97 Å². The third kappa shape index (κ3) is 15.8. The average Bonchev–Trinajstić information content (AvgIpc) is 2.90. The van der Waals surface area contributed by atoms with E-state index in [0.29, 0.717) is 17.9 Å². The summed E-state index contributed by atoms with van der Waals surface area (Å²) in [7, 11) is 0. The van der Waals surface area contributed by atoms with Gasteiger partial charge in [0.2, 0.25) is 0 Å². The molecule has 0 aromatic heterocycles. The van der Waals surface area contributed by atoms with Crippen LogP contribution >= 0.6 is 0 Å². The number of hydrogen-bond donors (Lipinski definition) is 3. The quantitative estimate of drug-likeness (QED) is 0.0681. The van der Waals surface area contributed by atoms with E-state index < -0.39 is 17.7 Å². The van der Waals surface area contributed by atoms with Crippen LogP contribution in [0.1, 0.15) is 145 Å². The molecule has 0 bridgehead atoms. The summed E-state index contributed by atoms with van der Waals surface area (Å²) in [6, 6.07) is 0. The van der Waals surface area contributed by atoms with Gasteiger partial charge in [-0.1, -0.05) is 83.4 Å². The van der Waals surface area contributed by atoms with Crippen molar-refractivity contribution < 1.29 is 24.9 Å². The zero-order valence-electron chi connectivity index (χ0n) is 27.4. The number of unbranched alkanes of at least 4 members (excludes halogenated alkanes) is 5.